The van der Waals surface area contributed by atoms with Crippen LogP contribution in [0, 0.1) is 0 Å². The van der Waals surface area contributed by atoms with Gasteiger partial charge in [-0.25, -0.2) is 4.79 Å². The number of ether oxygens (including phenoxy) is 2. The summed E-state index contributed by atoms with van der Waals surface area (Å²) < 4.78 is 10.7. The Kier molecular flexibility index (Phi) is 8.28. The first kappa shape index (κ1) is 23.8. The van der Waals surface area contributed by atoms with Crippen LogP contribution in [0.15, 0.2) is 54.6 Å². The van der Waals surface area contributed by atoms with Gasteiger partial charge in [0.15, 0.2) is 0 Å². The van der Waals surface area contributed by atoms with E-state index in [2.05, 4.69) is 22.3 Å². The fourth-order valence-electron chi connectivity index (χ4n) is 3.69. The molecular formula is C26H34N2O4. The van der Waals surface area contributed by atoms with Crippen molar-refractivity contribution in [1.82, 2.24) is 10.2 Å². The number of hydrogen-bond acceptors (Lipinski definition) is 5. The topological polar surface area (TPSA) is 67.9 Å². The zero-order valence-corrected chi connectivity index (χ0v) is 19.3. The van der Waals surface area contributed by atoms with Gasteiger partial charge in [0.05, 0.1) is 6.42 Å². The van der Waals surface area contributed by atoms with Gasteiger partial charge in [0, 0.05) is 25.7 Å². The van der Waals surface area contributed by atoms with Gasteiger partial charge >= 0.3 is 12.1 Å². The van der Waals surface area contributed by atoms with Crippen molar-refractivity contribution in [3.05, 3.63) is 71.3 Å². The van der Waals surface area contributed by atoms with Crippen molar-refractivity contribution in [2.45, 2.75) is 64.8 Å². The first-order valence-corrected chi connectivity index (χ1v) is 11.3. The van der Waals surface area contributed by atoms with Gasteiger partial charge in [-0.2, -0.15) is 0 Å². The smallest absolute Gasteiger partial charge is 0.407 e. The van der Waals surface area contributed by atoms with E-state index in [1.54, 1.807) is 0 Å². The molecule has 2 aromatic rings. The summed E-state index contributed by atoms with van der Waals surface area (Å²) in [4.78, 5) is 26.4. The minimum atomic E-state index is -0.477. The highest BCUT2D eigenvalue weighted by atomic mass is 16.6. The second-order valence-corrected chi connectivity index (χ2v) is 9.34. The van der Waals surface area contributed by atoms with Gasteiger partial charge in [0.1, 0.15) is 12.2 Å². The number of likely N-dealkylation sites (tertiary alicyclic amines) is 1. The highest BCUT2D eigenvalue weighted by Crippen LogP contribution is 2.16. The lowest BCUT2D eigenvalue weighted by molar-refractivity contribution is -0.144. The molecular weight excluding hydrogens is 404 g/mol. The Morgan fingerprint density at radius 1 is 0.938 bits per heavy atom. The molecule has 2 aromatic carbocycles. The van der Waals surface area contributed by atoms with E-state index in [9.17, 15) is 9.59 Å². The second kappa shape index (κ2) is 11.1. The van der Waals surface area contributed by atoms with Crippen LogP contribution >= 0.6 is 0 Å². The van der Waals surface area contributed by atoms with E-state index >= 15 is 0 Å². The Morgan fingerprint density at radius 3 is 2.19 bits per heavy atom. The summed E-state index contributed by atoms with van der Waals surface area (Å²) in [6, 6.07) is 18.0. The van der Waals surface area contributed by atoms with Crippen molar-refractivity contribution < 1.29 is 19.1 Å². The maximum absolute atomic E-state index is 12.1. The number of carbonyl (C=O) groups excluding carboxylic acids is 2. The molecule has 172 valence electrons. The van der Waals surface area contributed by atoms with Crippen molar-refractivity contribution in [3.8, 4) is 0 Å². The molecule has 0 atom stereocenters. The molecule has 1 amide bonds. The number of piperidine rings is 1. The summed E-state index contributed by atoms with van der Waals surface area (Å²) in [6.07, 6.45) is 1.75. The van der Waals surface area contributed by atoms with Crippen LogP contribution in [-0.4, -0.2) is 41.7 Å². The Labute approximate surface area is 190 Å². The maximum Gasteiger partial charge on any atom is 0.407 e. The molecule has 0 aromatic heterocycles. The van der Waals surface area contributed by atoms with Crippen LogP contribution in [0.2, 0.25) is 0 Å². The summed E-state index contributed by atoms with van der Waals surface area (Å²) in [5.74, 6) is -0.221. The van der Waals surface area contributed by atoms with Gasteiger partial charge in [-0.15, -0.1) is 0 Å². The molecule has 0 saturated carbocycles. The van der Waals surface area contributed by atoms with Gasteiger partial charge in [0.2, 0.25) is 0 Å². The van der Waals surface area contributed by atoms with Gasteiger partial charge < -0.3 is 14.8 Å². The molecule has 1 N–H and O–H groups in total. The maximum atomic E-state index is 12.1. The number of esters is 1. The third-order valence-electron chi connectivity index (χ3n) is 5.33. The van der Waals surface area contributed by atoms with Crippen molar-refractivity contribution in [2.75, 3.05) is 13.1 Å². The molecule has 1 saturated heterocycles. The number of amides is 1. The molecule has 6 nitrogen and oxygen atoms in total. The summed E-state index contributed by atoms with van der Waals surface area (Å²) in [5.41, 5.74) is 2.67. The van der Waals surface area contributed by atoms with Crippen molar-refractivity contribution in [3.63, 3.8) is 0 Å². The molecule has 0 aliphatic carbocycles. The van der Waals surface area contributed by atoms with E-state index in [4.69, 9.17) is 9.47 Å². The first-order valence-electron chi connectivity index (χ1n) is 11.3. The number of nitrogens with one attached hydrogen (secondary N) is 1. The predicted molar refractivity (Wildman–Crippen MR) is 124 cm³/mol. The lowest BCUT2D eigenvalue weighted by Crippen LogP contribution is -2.45. The highest BCUT2D eigenvalue weighted by Gasteiger charge is 2.23. The van der Waals surface area contributed by atoms with E-state index in [1.807, 2.05) is 63.2 Å². The molecule has 0 radical (unpaired) electrons. The lowest BCUT2D eigenvalue weighted by Gasteiger charge is -2.32. The SMILES string of the molecule is CC(C)(C)OC(=O)NC1CCN(Cc2ccc(CC(=O)OCc3ccccc3)cc2)CC1. The van der Waals surface area contributed by atoms with Crippen molar-refractivity contribution in [2.24, 2.45) is 0 Å². The van der Waals surface area contributed by atoms with Gasteiger partial charge in [0.25, 0.3) is 0 Å². The molecule has 0 bridgehead atoms. The third-order valence-corrected chi connectivity index (χ3v) is 5.33. The summed E-state index contributed by atoms with van der Waals surface area (Å²) in [5, 5.41) is 2.97. The minimum absolute atomic E-state index is 0.158. The molecule has 32 heavy (non-hydrogen) atoms. The molecule has 1 aliphatic heterocycles. The van der Waals surface area contributed by atoms with Crippen LogP contribution in [0.25, 0.3) is 0 Å². The van der Waals surface area contributed by atoms with E-state index in [0.29, 0.717) is 6.61 Å². The first-order chi connectivity index (χ1) is 15.3. The molecule has 6 heteroatoms. The van der Waals surface area contributed by atoms with Crippen LogP contribution in [0.1, 0.15) is 50.3 Å². The Morgan fingerprint density at radius 2 is 1.56 bits per heavy atom. The van der Waals surface area contributed by atoms with Crippen molar-refractivity contribution in [1.29, 1.82) is 0 Å². The largest absolute Gasteiger partial charge is 0.461 e. The third kappa shape index (κ3) is 8.35. The number of hydrogen-bond donors (Lipinski definition) is 1. The molecule has 1 heterocycles. The standard InChI is InChI=1S/C26H34N2O4/c1-26(2,3)32-25(30)27-23-13-15-28(16-14-23)18-21-11-9-20(10-12-21)17-24(29)31-19-22-7-5-4-6-8-22/h4-12,23H,13-19H2,1-3H3,(H,27,30). The number of benzene rings is 2. The lowest BCUT2D eigenvalue weighted by atomic mass is 10.0. The molecule has 1 fully saturated rings. The average molecular weight is 439 g/mol. The Balaban J connectivity index is 1.37. The number of nitrogens with zero attached hydrogens (tertiary/aromatic N) is 1. The van der Waals surface area contributed by atoms with Crippen LogP contribution in [0.3, 0.4) is 0 Å². The quantitative estimate of drug-likeness (QED) is 0.647. The zero-order chi connectivity index (χ0) is 23.0. The zero-order valence-electron chi connectivity index (χ0n) is 19.3. The summed E-state index contributed by atoms with van der Waals surface area (Å²) >= 11 is 0. The van der Waals surface area contributed by atoms with E-state index < -0.39 is 5.60 Å². The van der Waals surface area contributed by atoms with E-state index in [1.165, 1.54) is 5.56 Å². The number of alkyl carbamates (subject to hydrolysis) is 1. The molecule has 1 aliphatic rings. The van der Waals surface area contributed by atoms with E-state index in [-0.39, 0.29) is 24.5 Å². The monoisotopic (exact) mass is 438 g/mol. The fourth-order valence-corrected chi connectivity index (χ4v) is 3.69. The second-order valence-electron chi connectivity index (χ2n) is 9.34. The number of carbonyl (C=O) groups is 2. The number of rotatable bonds is 7. The Bertz CT molecular complexity index is 867. The van der Waals surface area contributed by atoms with Crippen LogP contribution in [-0.2, 0) is 33.8 Å². The van der Waals surface area contributed by atoms with Gasteiger partial charge in [-0.1, -0.05) is 54.6 Å². The molecule has 0 spiro atoms. The van der Waals surface area contributed by atoms with Gasteiger partial charge in [-0.05, 0) is 50.3 Å². The van der Waals surface area contributed by atoms with Crippen LogP contribution in [0.5, 0.6) is 0 Å². The van der Waals surface area contributed by atoms with Gasteiger partial charge in [-0.3, -0.25) is 9.69 Å². The minimum Gasteiger partial charge on any atom is -0.461 e. The molecule has 3 rings (SSSR count). The normalized spacial score (nSPS) is 15.2. The highest BCUT2D eigenvalue weighted by molar-refractivity contribution is 5.72. The molecule has 0 unspecified atom stereocenters. The Hall–Kier alpha value is -2.86. The summed E-state index contributed by atoms with van der Waals surface area (Å²) in [7, 11) is 0. The van der Waals surface area contributed by atoms with Crippen LogP contribution in [0.4, 0.5) is 4.79 Å². The fraction of sp³-hybridized carbons (Fsp3) is 0.462. The van der Waals surface area contributed by atoms with Crippen LogP contribution < -0.4 is 5.32 Å². The van der Waals surface area contributed by atoms with E-state index in [0.717, 1.165) is 43.6 Å². The summed E-state index contributed by atoms with van der Waals surface area (Å²) in [6.45, 7) is 8.62. The van der Waals surface area contributed by atoms with Crippen molar-refractivity contribution >= 4 is 12.1 Å². The average Bonchev–Trinajstić information content (AvgIpc) is 2.74. The predicted octanol–water partition coefficient (Wildman–Crippen LogP) is 4.46.